The van der Waals surface area contributed by atoms with Crippen molar-refractivity contribution in [3.63, 3.8) is 0 Å². The molecular weight excluding hydrogens is 310 g/mol. The van der Waals surface area contributed by atoms with E-state index in [9.17, 15) is 4.79 Å². The molecule has 0 saturated carbocycles. The van der Waals surface area contributed by atoms with Crippen LogP contribution >= 0.6 is 23.3 Å². The normalized spacial score (nSPS) is 11.5. The maximum absolute atomic E-state index is 10.7. The summed E-state index contributed by atoms with van der Waals surface area (Å²) in [5, 5.41) is 21.9. The van der Waals surface area contributed by atoms with Crippen LogP contribution in [0.2, 0.25) is 0 Å². The number of carbonyl (C=O) groups is 1. The van der Waals surface area contributed by atoms with E-state index in [4.69, 9.17) is 5.11 Å². The summed E-state index contributed by atoms with van der Waals surface area (Å²) in [6.45, 7) is 8.13. The molecule has 0 unspecified atom stereocenters. The molecule has 0 atom stereocenters. The Morgan fingerprint density at radius 1 is 1.29 bits per heavy atom. The molecule has 0 aliphatic carbocycles. The molecule has 21 heavy (non-hydrogen) atoms. The van der Waals surface area contributed by atoms with Gasteiger partial charge in [-0.15, -0.1) is 15.3 Å². The highest BCUT2D eigenvalue weighted by molar-refractivity contribution is 7.99. The Bertz CT molecular complexity index is 635. The van der Waals surface area contributed by atoms with Crippen molar-refractivity contribution < 1.29 is 9.90 Å². The summed E-state index contributed by atoms with van der Waals surface area (Å²) in [7, 11) is 0. The van der Waals surface area contributed by atoms with Crippen LogP contribution in [-0.2, 0) is 4.79 Å². The average Bonchev–Trinajstić information content (AvgIpc) is 3.02. The fraction of sp³-hybridized carbons (Fsp3) is 0.583. The molecule has 2 heterocycles. The largest absolute Gasteiger partial charge is 0.481 e. The lowest BCUT2D eigenvalue weighted by atomic mass is 10.1. The summed E-state index contributed by atoms with van der Waals surface area (Å²) in [5.74, 6) is 0.0352. The number of aliphatic carboxylic acids is 1. The molecule has 0 saturated heterocycles. The molecule has 1 N–H and O–H groups in total. The number of aromatic nitrogens is 5. The molecule has 114 valence electrons. The predicted octanol–water partition coefficient (Wildman–Crippen LogP) is 2.68. The van der Waals surface area contributed by atoms with E-state index in [1.807, 2.05) is 18.4 Å². The number of thioether (sulfide) groups is 1. The van der Waals surface area contributed by atoms with Crippen LogP contribution in [0.4, 0.5) is 0 Å². The highest BCUT2D eigenvalue weighted by atomic mass is 32.2. The van der Waals surface area contributed by atoms with Gasteiger partial charge in [0.1, 0.15) is 4.88 Å². The van der Waals surface area contributed by atoms with Crippen molar-refractivity contribution in [2.24, 2.45) is 0 Å². The van der Waals surface area contributed by atoms with Crippen LogP contribution in [0.15, 0.2) is 5.16 Å². The molecule has 0 aliphatic rings. The summed E-state index contributed by atoms with van der Waals surface area (Å²) in [5.41, 5.74) is 0.893. The van der Waals surface area contributed by atoms with E-state index in [0.29, 0.717) is 11.0 Å². The first-order valence-electron chi connectivity index (χ1n) is 6.54. The third-order valence-electron chi connectivity index (χ3n) is 2.77. The van der Waals surface area contributed by atoms with Crippen LogP contribution < -0.4 is 0 Å². The second-order valence-corrected chi connectivity index (χ2v) is 6.79. The number of rotatable bonds is 6. The van der Waals surface area contributed by atoms with E-state index >= 15 is 0 Å². The second kappa shape index (κ2) is 6.52. The fourth-order valence-electron chi connectivity index (χ4n) is 1.85. The van der Waals surface area contributed by atoms with Crippen LogP contribution in [0.5, 0.6) is 0 Å². The quantitative estimate of drug-likeness (QED) is 0.815. The highest BCUT2D eigenvalue weighted by Crippen LogP contribution is 2.33. The van der Waals surface area contributed by atoms with Crippen molar-refractivity contribution in [2.75, 3.05) is 5.75 Å². The lowest BCUT2D eigenvalue weighted by Gasteiger charge is -2.13. The first kappa shape index (κ1) is 15.9. The summed E-state index contributed by atoms with van der Waals surface area (Å²) < 4.78 is 5.95. The zero-order chi connectivity index (χ0) is 15.6. The van der Waals surface area contributed by atoms with Crippen molar-refractivity contribution in [1.29, 1.82) is 0 Å². The van der Waals surface area contributed by atoms with E-state index in [2.05, 4.69) is 33.6 Å². The van der Waals surface area contributed by atoms with E-state index < -0.39 is 5.97 Å². The Morgan fingerprint density at radius 2 is 2.00 bits per heavy atom. The molecular formula is C12H17N5O2S2. The van der Waals surface area contributed by atoms with Crippen LogP contribution in [0.25, 0.3) is 10.7 Å². The summed E-state index contributed by atoms with van der Waals surface area (Å²) in [6.07, 6.45) is 0. The van der Waals surface area contributed by atoms with E-state index in [1.165, 1.54) is 23.3 Å². The predicted molar refractivity (Wildman–Crippen MR) is 81.8 cm³/mol. The number of carboxylic acids is 1. The fourth-order valence-corrected chi connectivity index (χ4v) is 3.44. The van der Waals surface area contributed by atoms with Gasteiger partial charge in [-0.3, -0.25) is 9.36 Å². The molecule has 0 amide bonds. The van der Waals surface area contributed by atoms with Gasteiger partial charge in [0.2, 0.25) is 0 Å². The molecule has 0 spiro atoms. The molecule has 9 heteroatoms. The number of hydrogen-bond acceptors (Lipinski definition) is 7. The zero-order valence-corrected chi connectivity index (χ0v) is 13.9. The molecule has 0 aromatic carbocycles. The standard InChI is InChI=1S/C12H17N5O2S2/c1-6(2)9-10(21-16-13-9)11-14-15-12(17(11)7(3)4)20-5-8(18)19/h6-7H,5H2,1-4H3,(H,18,19). The molecule has 0 bridgehead atoms. The van der Waals surface area contributed by atoms with Crippen molar-refractivity contribution in [3.05, 3.63) is 5.69 Å². The van der Waals surface area contributed by atoms with Gasteiger partial charge in [-0.1, -0.05) is 30.1 Å². The Balaban J connectivity index is 2.44. The van der Waals surface area contributed by atoms with Gasteiger partial charge in [-0.05, 0) is 31.3 Å². The van der Waals surface area contributed by atoms with Gasteiger partial charge in [0, 0.05) is 6.04 Å². The van der Waals surface area contributed by atoms with Gasteiger partial charge >= 0.3 is 5.97 Å². The SMILES string of the molecule is CC(C)c1nnsc1-c1nnc(SCC(=O)O)n1C(C)C. The van der Waals surface area contributed by atoms with Gasteiger partial charge < -0.3 is 5.11 Å². The topological polar surface area (TPSA) is 93.8 Å². The maximum atomic E-state index is 10.7. The monoisotopic (exact) mass is 327 g/mol. The van der Waals surface area contributed by atoms with Gasteiger partial charge in [0.15, 0.2) is 11.0 Å². The van der Waals surface area contributed by atoms with Crippen molar-refractivity contribution in [1.82, 2.24) is 24.4 Å². The molecule has 2 rings (SSSR count). The lowest BCUT2D eigenvalue weighted by molar-refractivity contribution is -0.133. The van der Waals surface area contributed by atoms with Crippen molar-refractivity contribution in [3.8, 4) is 10.7 Å². The Morgan fingerprint density at radius 3 is 2.57 bits per heavy atom. The van der Waals surface area contributed by atoms with Gasteiger partial charge in [-0.25, -0.2) is 0 Å². The van der Waals surface area contributed by atoms with Crippen molar-refractivity contribution in [2.45, 2.75) is 44.8 Å². The minimum absolute atomic E-state index is 0.0389. The minimum atomic E-state index is -0.873. The van der Waals surface area contributed by atoms with Crippen LogP contribution in [-0.4, -0.2) is 41.2 Å². The number of carboxylic acid groups (broad SMARTS) is 1. The van der Waals surface area contributed by atoms with Gasteiger partial charge in [0.05, 0.1) is 11.4 Å². The summed E-state index contributed by atoms with van der Waals surface area (Å²) in [6, 6.07) is 0.119. The molecule has 0 aliphatic heterocycles. The molecule has 0 radical (unpaired) electrons. The van der Waals surface area contributed by atoms with Crippen LogP contribution in [0.3, 0.4) is 0 Å². The van der Waals surface area contributed by atoms with Crippen molar-refractivity contribution >= 4 is 29.3 Å². The van der Waals surface area contributed by atoms with Crippen LogP contribution in [0, 0.1) is 0 Å². The lowest BCUT2D eigenvalue weighted by Crippen LogP contribution is -2.07. The zero-order valence-electron chi connectivity index (χ0n) is 12.3. The Labute approximate surface area is 131 Å². The summed E-state index contributed by atoms with van der Waals surface area (Å²) in [4.78, 5) is 11.6. The maximum Gasteiger partial charge on any atom is 0.313 e. The second-order valence-electron chi connectivity index (χ2n) is 5.09. The molecule has 7 nitrogen and oxygen atoms in total. The smallest absolute Gasteiger partial charge is 0.313 e. The van der Waals surface area contributed by atoms with Gasteiger partial charge in [0.25, 0.3) is 0 Å². The first-order valence-corrected chi connectivity index (χ1v) is 8.29. The minimum Gasteiger partial charge on any atom is -0.481 e. The molecule has 2 aromatic rings. The third-order valence-corrected chi connectivity index (χ3v) is 4.43. The van der Waals surface area contributed by atoms with Gasteiger partial charge in [-0.2, -0.15) is 0 Å². The third kappa shape index (κ3) is 3.41. The molecule has 2 aromatic heterocycles. The van der Waals surface area contributed by atoms with Crippen LogP contribution in [0.1, 0.15) is 45.3 Å². The molecule has 0 fully saturated rings. The first-order chi connectivity index (χ1) is 9.91. The summed E-state index contributed by atoms with van der Waals surface area (Å²) >= 11 is 2.46. The number of nitrogens with zero attached hydrogens (tertiary/aromatic N) is 5. The van der Waals surface area contributed by atoms with E-state index in [-0.39, 0.29) is 17.7 Å². The van der Waals surface area contributed by atoms with E-state index in [1.54, 1.807) is 0 Å². The van der Waals surface area contributed by atoms with E-state index in [0.717, 1.165) is 10.6 Å². The Hall–Kier alpha value is -1.48. The number of hydrogen-bond donors (Lipinski definition) is 1. The average molecular weight is 327 g/mol. The Kier molecular flexibility index (Phi) is 4.94. The highest BCUT2D eigenvalue weighted by Gasteiger charge is 2.23.